The summed E-state index contributed by atoms with van der Waals surface area (Å²) in [4.78, 5) is 17.8. The molecule has 8 heteroatoms. The molecule has 0 aliphatic carbocycles. The number of nitrogens with zero attached hydrogens (tertiary/aromatic N) is 2. The number of carbonyl (C=O) groups excluding carboxylic acids is 1. The molecular formula is C10H16N2O3S3. The Bertz CT molecular complexity index is 461. The van der Waals surface area contributed by atoms with Crippen molar-refractivity contribution in [3.05, 3.63) is 0 Å². The molecular weight excluding hydrogens is 292 g/mol. The molecule has 1 amide bonds. The van der Waals surface area contributed by atoms with E-state index in [1.165, 1.54) is 11.8 Å². The molecule has 1 saturated heterocycles. The average molecular weight is 308 g/mol. The third kappa shape index (κ3) is 3.64. The fourth-order valence-electron chi connectivity index (χ4n) is 1.91. The minimum atomic E-state index is -2.93. The third-order valence-electron chi connectivity index (χ3n) is 3.03. The lowest BCUT2D eigenvalue weighted by Gasteiger charge is -2.23. The van der Waals surface area contributed by atoms with Crippen molar-refractivity contribution in [2.45, 2.75) is 12.5 Å². The zero-order valence-electron chi connectivity index (χ0n) is 10.2. The van der Waals surface area contributed by atoms with Gasteiger partial charge in [0, 0.05) is 18.8 Å². The van der Waals surface area contributed by atoms with E-state index in [-0.39, 0.29) is 23.5 Å². The van der Waals surface area contributed by atoms with Gasteiger partial charge >= 0.3 is 0 Å². The van der Waals surface area contributed by atoms with Crippen molar-refractivity contribution < 1.29 is 13.2 Å². The number of hydrogen-bond acceptors (Lipinski definition) is 6. The van der Waals surface area contributed by atoms with Crippen LogP contribution in [0.4, 0.5) is 0 Å². The normalized spacial score (nSPS) is 26.1. The van der Waals surface area contributed by atoms with Gasteiger partial charge in [0.05, 0.1) is 23.8 Å². The molecule has 0 spiro atoms. The van der Waals surface area contributed by atoms with Gasteiger partial charge < -0.3 is 4.90 Å². The molecule has 0 aromatic heterocycles. The smallest absolute Gasteiger partial charge is 0.233 e. The quantitative estimate of drug-likeness (QED) is 0.758. The molecule has 0 N–H and O–H groups in total. The van der Waals surface area contributed by atoms with E-state index in [4.69, 9.17) is 0 Å². The highest BCUT2D eigenvalue weighted by Gasteiger charge is 2.32. The maximum atomic E-state index is 11.9. The van der Waals surface area contributed by atoms with Crippen LogP contribution in [0.25, 0.3) is 0 Å². The summed E-state index contributed by atoms with van der Waals surface area (Å²) in [5, 5.41) is 0. The van der Waals surface area contributed by atoms with Crippen molar-refractivity contribution in [3.8, 4) is 0 Å². The zero-order chi connectivity index (χ0) is 13.2. The van der Waals surface area contributed by atoms with Crippen molar-refractivity contribution >= 4 is 43.6 Å². The largest absolute Gasteiger partial charge is 0.341 e. The topological polar surface area (TPSA) is 66.8 Å². The van der Waals surface area contributed by atoms with Crippen LogP contribution < -0.4 is 0 Å². The fourth-order valence-corrected chi connectivity index (χ4v) is 5.62. The highest BCUT2D eigenvalue weighted by atomic mass is 32.2. The Balaban J connectivity index is 1.81. The van der Waals surface area contributed by atoms with E-state index in [1.54, 1.807) is 23.7 Å². The van der Waals surface area contributed by atoms with Crippen LogP contribution in [-0.2, 0) is 14.6 Å². The highest BCUT2D eigenvalue weighted by molar-refractivity contribution is 8.39. The first-order valence-corrected chi connectivity index (χ1v) is 9.53. The molecule has 102 valence electrons. The second-order valence-electron chi connectivity index (χ2n) is 4.35. The molecule has 2 heterocycles. The Morgan fingerprint density at radius 3 is 2.94 bits per heavy atom. The van der Waals surface area contributed by atoms with Gasteiger partial charge in [-0.3, -0.25) is 9.79 Å². The Morgan fingerprint density at radius 2 is 2.39 bits per heavy atom. The summed E-state index contributed by atoms with van der Waals surface area (Å²) in [6.45, 7) is 0.831. The van der Waals surface area contributed by atoms with Crippen molar-refractivity contribution in [3.63, 3.8) is 0 Å². The predicted octanol–water partition coefficient (Wildman–Crippen LogP) is 0.468. The predicted molar refractivity (Wildman–Crippen MR) is 77.0 cm³/mol. The Labute approximate surface area is 116 Å². The number of rotatable bonds is 3. The lowest BCUT2D eigenvalue weighted by atomic mass is 10.2. The fraction of sp³-hybridized carbons (Fsp3) is 0.800. The second-order valence-corrected chi connectivity index (χ2v) is 8.88. The molecule has 5 nitrogen and oxygen atoms in total. The first-order valence-electron chi connectivity index (χ1n) is 5.74. The first-order chi connectivity index (χ1) is 8.48. The minimum Gasteiger partial charge on any atom is -0.341 e. The molecule has 1 atom stereocenters. The second kappa shape index (κ2) is 5.83. The molecule has 2 aliphatic rings. The van der Waals surface area contributed by atoms with Crippen LogP contribution in [0, 0.1) is 0 Å². The lowest BCUT2D eigenvalue weighted by molar-refractivity contribution is -0.128. The van der Waals surface area contributed by atoms with Crippen LogP contribution in [0.5, 0.6) is 0 Å². The summed E-state index contributed by atoms with van der Waals surface area (Å²) in [6, 6.07) is -0.152. The van der Waals surface area contributed by atoms with Gasteiger partial charge in [0.1, 0.15) is 4.38 Å². The molecule has 0 aromatic rings. The maximum Gasteiger partial charge on any atom is 0.233 e. The van der Waals surface area contributed by atoms with E-state index in [2.05, 4.69) is 4.99 Å². The van der Waals surface area contributed by atoms with Crippen molar-refractivity contribution in [1.29, 1.82) is 0 Å². The average Bonchev–Trinajstić information content (AvgIpc) is 2.94. The molecule has 2 rings (SSSR count). The minimum absolute atomic E-state index is 0.0164. The molecule has 1 fully saturated rings. The van der Waals surface area contributed by atoms with Gasteiger partial charge in [0.25, 0.3) is 0 Å². The maximum absolute atomic E-state index is 11.9. The molecule has 0 aromatic carbocycles. The van der Waals surface area contributed by atoms with Crippen molar-refractivity contribution in [2.24, 2.45) is 4.99 Å². The number of sulfone groups is 1. The standard InChI is InChI=1S/C10H16N2O3S3/c1-12(8-2-5-18(14,15)7-8)9(13)6-17-10-11-3-4-16-10/h8H,2-7H2,1H3/t8-/m1/s1. The van der Waals surface area contributed by atoms with Crippen molar-refractivity contribution in [2.75, 3.05) is 36.6 Å². The van der Waals surface area contributed by atoms with Crippen LogP contribution in [0.3, 0.4) is 0 Å². The molecule has 0 bridgehead atoms. The first kappa shape index (κ1) is 14.2. The van der Waals surface area contributed by atoms with Gasteiger partial charge in [0.2, 0.25) is 5.91 Å². The summed E-state index contributed by atoms with van der Waals surface area (Å²) >= 11 is 3.13. The molecule has 2 aliphatic heterocycles. The molecule has 0 saturated carbocycles. The van der Waals surface area contributed by atoms with E-state index < -0.39 is 9.84 Å². The van der Waals surface area contributed by atoms with Crippen LogP contribution in [-0.4, -0.2) is 66.2 Å². The highest BCUT2D eigenvalue weighted by Crippen LogP contribution is 2.23. The number of thioether (sulfide) groups is 2. The van der Waals surface area contributed by atoms with E-state index in [0.29, 0.717) is 12.2 Å². The van der Waals surface area contributed by atoms with E-state index in [1.807, 2.05) is 0 Å². The van der Waals surface area contributed by atoms with Crippen molar-refractivity contribution in [1.82, 2.24) is 4.90 Å². The summed E-state index contributed by atoms with van der Waals surface area (Å²) in [5.74, 6) is 1.63. The monoisotopic (exact) mass is 308 g/mol. The van der Waals surface area contributed by atoms with Crippen LogP contribution in [0.1, 0.15) is 6.42 Å². The SMILES string of the molecule is CN(C(=O)CSC1=NCCS1)[C@@H]1CCS(=O)(=O)C1. The van der Waals surface area contributed by atoms with E-state index >= 15 is 0 Å². The van der Waals surface area contributed by atoms with Gasteiger partial charge in [-0.1, -0.05) is 23.5 Å². The number of hydrogen-bond donors (Lipinski definition) is 0. The molecule has 0 unspecified atom stereocenters. The van der Waals surface area contributed by atoms with Crippen LogP contribution in [0.2, 0.25) is 0 Å². The summed E-state index contributed by atoms with van der Waals surface area (Å²) in [5.41, 5.74) is 0. The summed E-state index contributed by atoms with van der Waals surface area (Å²) in [7, 11) is -1.24. The van der Waals surface area contributed by atoms with Crippen LogP contribution >= 0.6 is 23.5 Å². The van der Waals surface area contributed by atoms with Gasteiger partial charge in [-0.2, -0.15) is 0 Å². The number of carbonyl (C=O) groups is 1. The number of amides is 1. The van der Waals surface area contributed by atoms with E-state index in [9.17, 15) is 13.2 Å². The molecule has 18 heavy (non-hydrogen) atoms. The van der Waals surface area contributed by atoms with Crippen LogP contribution in [0.15, 0.2) is 4.99 Å². The Kier molecular flexibility index (Phi) is 4.60. The summed E-state index contributed by atoms with van der Waals surface area (Å²) < 4.78 is 23.7. The summed E-state index contributed by atoms with van der Waals surface area (Å²) in [6.07, 6.45) is 0.560. The van der Waals surface area contributed by atoms with Gasteiger partial charge in [-0.05, 0) is 6.42 Å². The van der Waals surface area contributed by atoms with Gasteiger partial charge in [0.15, 0.2) is 9.84 Å². The number of aliphatic imine (C=N–C) groups is 1. The Morgan fingerprint density at radius 1 is 1.61 bits per heavy atom. The Hall–Kier alpha value is -0.210. The van der Waals surface area contributed by atoms with Gasteiger partial charge in [-0.15, -0.1) is 0 Å². The third-order valence-corrected chi connectivity index (χ3v) is 7.01. The molecule has 0 radical (unpaired) electrons. The van der Waals surface area contributed by atoms with Gasteiger partial charge in [-0.25, -0.2) is 8.42 Å². The van der Waals surface area contributed by atoms with E-state index in [0.717, 1.165) is 16.7 Å². The lowest BCUT2D eigenvalue weighted by Crippen LogP contribution is -2.39. The zero-order valence-corrected chi connectivity index (χ0v) is 12.6.